The summed E-state index contributed by atoms with van der Waals surface area (Å²) in [6.07, 6.45) is -1.75. The Kier molecular flexibility index (Phi) is 2.78. The van der Waals surface area contributed by atoms with E-state index in [4.69, 9.17) is 0 Å². The first-order chi connectivity index (χ1) is 7.47. The minimum absolute atomic E-state index is 0.0291. The van der Waals surface area contributed by atoms with Crippen LogP contribution in [0.2, 0.25) is 0 Å². The Bertz CT molecular complexity index is 382. The van der Waals surface area contributed by atoms with Crippen LogP contribution in [0.25, 0.3) is 0 Å². The molecule has 0 unspecified atom stereocenters. The van der Waals surface area contributed by atoms with Crippen LogP contribution in [0.3, 0.4) is 0 Å². The van der Waals surface area contributed by atoms with E-state index >= 15 is 0 Å². The summed E-state index contributed by atoms with van der Waals surface area (Å²) in [6, 6.07) is 2.81. The first-order valence-electron chi connectivity index (χ1n) is 5.10. The van der Waals surface area contributed by atoms with Crippen LogP contribution in [0.5, 0.6) is 0 Å². The van der Waals surface area contributed by atoms with Crippen LogP contribution in [0, 0.1) is 5.82 Å². The second-order valence-electron chi connectivity index (χ2n) is 3.96. The highest BCUT2D eigenvalue weighted by Gasteiger charge is 2.34. The molecule has 0 heterocycles. The molecule has 0 atom stereocenters. The lowest BCUT2D eigenvalue weighted by Crippen LogP contribution is -2.28. The van der Waals surface area contributed by atoms with Crippen molar-refractivity contribution in [1.82, 2.24) is 0 Å². The second kappa shape index (κ2) is 3.96. The molecule has 0 bridgehead atoms. The van der Waals surface area contributed by atoms with Crippen molar-refractivity contribution >= 4 is 5.69 Å². The highest BCUT2D eigenvalue weighted by atomic mass is 19.4. The van der Waals surface area contributed by atoms with E-state index in [-0.39, 0.29) is 11.7 Å². The zero-order valence-electron chi connectivity index (χ0n) is 8.44. The number of anilines is 1. The van der Waals surface area contributed by atoms with E-state index < -0.39 is 17.6 Å². The van der Waals surface area contributed by atoms with Gasteiger partial charge in [0.1, 0.15) is 5.82 Å². The van der Waals surface area contributed by atoms with Gasteiger partial charge in [0.2, 0.25) is 0 Å². The number of nitrogens with one attached hydrogen (secondary N) is 1. The van der Waals surface area contributed by atoms with E-state index in [1.54, 1.807) is 0 Å². The molecule has 16 heavy (non-hydrogen) atoms. The molecule has 1 aromatic carbocycles. The van der Waals surface area contributed by atoms with Gasteiger partial charge in [0.05, 0.1) is 5.56 Å². The molecule has 88 valence electrons. The zero-order chi connectivity index (χ0) is 11.8. The molecule has 0 amide bonds. The number of hydrogen-bond acceptors (Lipinski definition) is 1. The van der Waals surface area contributed by atoms with Crippen LogP contribution < -0.4 is 5.32 Å². The van der Waals surface area contributed by atoms with Gasteiger partial charge in [-0.1, -0.05) is 0 Å². The lowest BCUT2D eigenvalue weighted by Gasteiger charge is -2.28. The molecule has 1 aromatic rings. The molecular formula is C11H11F4N. The van der Waals surface area contributed by atoms with Crippen LogP contribution in [-0.4, -0.2) is 6.04 Å². The van der Waals surface area contributed by atoms with Gasteiger partial charge >= 0.3 is 6.18 Å². The van der Waals surface area contributed by atoms with Gasteiger partial charge in [0, 0.05) is 11.7 Å². The minimum atomic E-state index is -4.52. The highest BCUT2D eigenvalue weighted by Crippen LogP contribution is 2.36. The Hall–Kier alpha value is -1.26. The van der Waals surface area contributed by atoms with Gasteiger partial charge in [-0.05, 0) is 37.5 Å². The van der Waals surface area contributed by atoms with Crippen LogP contribution in [0.4, 0.5) is 23.2 Å². The predicted octanol–water partition coefficient (Wildman–Crippen LogP) is 3.81. The number of halogens is 4. The first kappa shape index (κ1) is 11.2. The number of rotatable bonds is 2. The van der Waals surface area contributed by atoms with E-state index in [2.05, 4.69) is 5.32 Å². The lowest BCUT2D eigenvalue weighted by atomic mass is 9.92. The van der Waals surface area contributed by atoms with Crippen molar-refractivity contribution < 1.29 is 17.6 Å². The maximum Gasteiger partial charge on any atom is 0.418 e. The monoisotopic (exact) mass is 233 g/mol. The first-order valence-corrected chi connectivity index (χ1v) is 5.10. The maximum atomic E-state index is 12.8. The fourth-order valence-electron chi connectivity index (χ4n) is 1.65. The quantitative estimate of drug-likeness (QED) is 0.766. The molecule has 1 saturated carbocycles. The Balaban J connectivity index is 2.28. The number of benzene rings is 1. The highest BCUT2D eigenvalue weighted by molar-refractivity contribution is 5.53. The topological polar surface area (TPSA) is 12.0 Å². The van der Waals surface area contributed by atoms with Crippen molar-refractivity contribution in [3.05, 3.63) is 29.6 Å². The summed E-state index contributed by atoms with van der Waals surface area (Å²) in [6.45, 7) is 0. The van der Waals surface area contributed by atoms with Gasteiger partial charge in [-0.2, -0.15) is 13.2 Å². The molecule has 5 heteroatoms. The SMILES string of the molecule is Fc1ccc(NC2CCC2)c(C(F)(F)F)c1. The zero-order valence-corrected chi connectivity index (χ0v) is 8.44. The van der Waals surface area contributed by atoms with Crippen molar-refractivity contribution in [1.29, 1.82) is 0 Å². The number of alkyl halides is 3. The summed E-state index contributed by atoms with van der Waals surface area (Å²) in [5.41, 5.74) is -0.960. The fraction of sp³-hybridized carbons (Fsp3) is 0.455. The molecule has 0 aliphatic heterocycles. The van der Waals surface area contributed by atoms with Crippen LogP contribution in [0.1, 0.15) is 24.8 Å². The van der Waals surface area contributed by atoms with Crippen molar-refractivity contribution in [3.63, 3.8) is 0 Å². The van der Waals surface area contributed by atoms with Gasteiger partial charge < -0.3 is 5.32 Å². The summed E-state index contributed by atoms with van der Waals surface area (Å²) in [4.78, 5) is 0. The van der Waals surface area contributed by atoms with Crippen molar-refractivity contribution in [2.45, 2.75) is 31.5 Å². The third-order valence-electron chi connectivity index (χ3n) is 2.75. The molecule has 1 N–H and O–H groups in total. The maximum absolute atomic E-state index is 12.8. The summed E-state index contributed by atoms with van der Waals surface area (Å²) >= 11 is 0. The van der Waals surface area contributed by atoms with Crippen LogP contribution in [0.15, 0.2) is 18.2 Å². The van der Waals surface area contributed by atoms with E-state index in [1.165, 1.54) is 0 Å². The molecule has 0 radical (unpaired) electrons. The second-order valence-corrected chi connectivity index (χ2v) is 3.96. The molecule has 1 fully saturated rings. The summed E-state index contributed by atoms with van der Waals surface area (Å²) in [5.74, 6) is -0.869. The van der Waals surface area contributed by atoms with E-state index in [1.807, 2.05) is 0 Å². The summed E-state index contributed by atoms with van der Waals surface area (Å²) in [5, 5.41) is 2.79. The van der Waals surface area contributed by atoms with Crippen molar-refractivity contribution in [2.75, 3.05) is 5.32 Å². The Morgan fingerprint density at radius 3 is 2.38 bits per heavy atom. The fourth-order valence-corrected chi connectivity index (χ4v) is 1.65. The van der Waals surface area contributed by atoms with Gasteiger partial charge in [0.15, 0.2) is 0 Å². The van der Waals surface area contributed by atoms with Crippen molar-refractivity contribution in [2.24, 2.45) is 0 Å². The molecule has 1 aliphatic rings. The standard InChI is InChI=1S/C11H11F4N/c12-7-4-5-10(16-8-2-1-3-8)9(6-7)11(13,14)15/h4-6,8,16H,1-3H2. The van der Waals surface area contributed by atoms with Gasteiger partial charge in [-0.15, -0.1) is 0 Å². The predicted molar refractivity (Wildman–Crippen MR) is 52.7 cm³/mol. The van der Waals surface area contributed by atoms with Gasteiger partial charge in [-0.25, -0.2) is 4.39 Å². The van der Waals surface area contributed by atoms with E-state index in [9.17, 15) is 17.6 Å². The normalized spacial score (nSPS) is 17.0. The number of hydrogen-bond donors (Lipinski definition) is 1. The van der Waals surface area contributed by atoms with E-state index in [0.717, 1.165) is 31.4 Å². The molecule has 0 spiro atoms. The molecule has 0 saturated heterocycles. The Morgan fingerprint density at radius 1 is 1.19 bits per heavy atom. The molecule has 0 aromatic heterocycles. The van der Waals surface area contributed by atoms with E-state index in [0.29, 0.717) is 6.07 Å². The summed E-state index contributed by atoms with van der Waals surface area (Å²) < 4.78 is 50.6. The van der Waals surface area contributed by atoms with Crippen molar-refractivity contribution in [3.8, 4) is 0 Å². The van der Waals surface area contributed by atoms with Gasteiger partial charge in [-0.3, -0.25) is 0 Å². The minimum Gasteiger partial charge on any atom is -0.382 e. The van der Waals surface area contributed by atoms with Crippen LogP contribution >= 0.6 is 0 Å². The smallest absolute Gasteiger partial charge is 0.382 e. The average molecular weight is 233 g/mol. The average Bonchev–Trinajstić information content (AvgIpc) is 2.11. The lowest BCUT2D eigenvalue weighted by molar-refractivity contribution is -0.137. The molecular weight excluding hydrogens is 222 g/mol. The third kappa shape index (κ3) is 2.28. The molecule has 1 aliphatic carbocycles. The molecule has 2 rings (SSSR count). The summed E-state index contributed by atoms with van der Waals surface area (Å²) in [7, 11) is 0. The Morgan fingerprint density at radius 2 is 1.88 bits per heavy atom. The molecule has 1 nitrogen and oxygen atoms in total. The van der Waals surface area contributed by atoms with Gasteiger partial charge in [0.25, 0.3) is 0 Å². The Labute approximate surface area is 90.5 Å². The largest absolute Gasteiger partial charge is 0.418 e. The third-order valence-corrected chi connectivity index (χ3v) is 2.75. The van der Waals surface area contributed by atoms with Crippen LogP contribution in [-0.2, 0) is 6.18 Å².